The van der Waals surface area contributed by atoms with Crippen LogP contribution in [0.25, 0.3) is 0 Å². The lowest BCUT2D eigenvalue weighted by molar-refractivity contribution is -0.154. The largest absolute Gasteiger partial charge is 0.455 e. The van der Waals surface area contributed by atoms with Gasteiger partial charge in [-0.3, -0.25) is 19.2 Å². The molecule has 7 saturated heterocycles. The van der Waals surface area contributed by atoms with Crippen LogP contribution in [0.1, 0.15) is 52.4 Å². The molecule has 9 rings (SSSR count). The fourth-order valence-corrected chi connectivity index (χ4v) is 8.50. The molecular weight excluding hydrogens is 468 g/mol. The second-order valence-electron chi connectivity index (χ2n) is 11.4. The van der Waals surface area contributed by atoms with Crippen molar-refractivity contribution in [3.05, 3.63) is 23.5 Å². The third kappa shape index (κ3) is 2.23. The van der Waals surface area contributed by atoms with Gasteiger partial charge in [-0.2, -0.15) is 0 Å². The van der Waals surface area contributed by atoms with E-state index in [-0.39, 0.29) is 42.2 Å². The van der Waals surface area contributed by atoms with Crippen LogP contribution in [0.2, 0.25) is 0 Å². The van der Waals surface area contributed by atoms with Gasteiger partial charge in [-0.1, -0.05) is 19.8 Å². The summed E-state index contributed by atoms with van der Waals surface area (Å²) in [5.74, 6) is -0.891. The summed E-state index contributed by atoms with van der Waals surface area (Å²) in [7, 11) is 0. The van der Waals surface area contributed by atoms with Gasteiger partial charge in [-0.05, 0) is 31.4 Å². The van der Waals surface area contributed by atoms with Crippen LogP contribution in [0, 0.1) is 10.8 Å². The molecule has 10 nitrogen and oxygen atoms in total. The van der Waals surface area contributed by atoms with Crippen molar-refractivity contribution in [2.45, 2.75) is 101 Å². The van der Waals surface area contributed by atoms with Gasteiger partial charge in [0.05, 0.1) is 10.8 Å². The molecule has 0 N–H and O–H groups in total. The summed E-state index contributed by atoms with van der Waals surface area (Å²) < 4.78 is 23.9. The molecule has 9 aliphatic rings. The molecule has 10 heteroatoms. The number of ether oxygens (including phenoxy) is 4. The quantitative estimate of drug-likeness (QED) is 0.303. The normalized spacial score (nSPS) is 47.4. The Bertz CT molecular complexity index is 1210. The van der Waals surface area contributed by atoms with E-state index in [9.17, 15) is 19.2 Å². The van der Waals surface area contributed by atoms with Gasteiger partial charge < -0.3 is 28.7 Å². The molecule has 36 heavy (non-hydrogen) atoms. The number of carbonyl (C=O) groups excluding carboxylic acids is 4. The predicted molar refractivity (Wildman–Crippen MR) is 118 cm³/mol. The summed E-state index contributed by atoms with van der Waals surface area (Å²) in [6, 6.07) is -1.23. The number of piperazine rings is 1. The van der Waals surface area contributed by atoms with E-state index >= 15 is 0 Å². The molecule has 10 atom stereocenters. The van der Waals surface area contributed by atoms with Gasteiger partial charge in [-0.25, -0.2) is 0 Å². The summed E-state index contributed by atoms with van der Waals surface area (Å²) in [5, 5.41) is 0. The summed E-state index contributed by atoms with van der Waals surface area (Å²) in [6.07, 6.45) is 5.41. The Morgan fingerprint density at radius 1 is 0.917 bits per heavy atom. The Morgan fingerprint density at radius 3 is 1.94 bits per heavy atom. The van der Waals surface area contributed by atoms with Crippen molar-refractivity contribution in [3.8, 4) is 0 Å². The Balaban J connectivity index is 1.25. The van der Waals surface area contributed by atoms with Gasteiger partial charge in [0.15, 0.2) is 12.2 Å². The van der Waals surface area contributed by atoms with Crippen LogP contribution in [0.15, 0.2) is 23.5 Å². The number of epoxide rings is 2. The molecule has 6 bridgehead atoms. The van der Waals surface area contributed by atoms with Gasteiger partial charge in [0.25, 0.3) is 11.8 Å². The van der Waals surface area contributed by atoms with E-state index < -0.39 is 41.1 Å². The van der Waals surface area contributed by atoms with Crippen molar-refractivity contribution in [2.24, 2.45) is 10.8 Å². The van der Waals surface area contributed by atoms with E-state index in [0.717, 1.165) is 30.7 Å². The molecule has 7 heterocycles. The lowest BCUT2D eigenvalue weighted by Crippen LogP contribution is -2.60. The number of amides is 2. The summed E-state index contributed by atoms with van der Waals surface area (Å²) in [5.41, 5.74) is 0.230. The third-order valence-corrected chi connectivity index (χ3v) is 9.80. The Hall–Kier alpha value is -2.72. The first-order valence-electron chi connectivity index (χ1n) is 13.1. The molecule has 7 aliphatic heterocycles. The second-order valence-corrected chi connectivity index (χ2v) is 11.4. The highest BCUT2D eigenvalue weighted by Crippen LogP contribution is 2.78. The smallest absolute Gasteiger partial charge is 0.306 e. The standard InChI is InChI=1S/C26H28N2O8/c1-3-4-5-6-18(30)34-15-8-17-26(22-20(15)36-22)10-13-23(31)27-12(24(32)28(13)17)9-25(26)16(27)7-14(33-11(2)29)19-21(25)35-19/h7-8,12-15,19-22H,3-6,9-10H2,1-2H3. The fourth-order valence-electron chi connectivity index (χ4n) is 8.50. The lowest BCUT2D eigenvalue weighted by atomic mass is 9.52. The van der Waals surface area contributed by atoms with Crippen LogP contribution in [-0.2, 0) is 38.1 Å². The minimum Gasteiger partial charge on any atom is -0.455 e. The maximum atomic E-state index is 13.8. The number of nitrogens with zero attached hydrogens (tertiary/aromatic N) is 2. The summed E-state index contributed by atoms with van der Waals surface area (Å²) in [6.45, 7) is 3.44. The Labute approximate surface area is 207 Å². The maximum absolute atomic E-state index is 13.8. The van der Waals surface area contributed by atoms with Crippen LogP contribution >= 0.6 is 0 Å². The van der Waals surface area contributed by atoms with E-state index in [1.807, 2.05) is 12.2 Å². The van der Waals surface area contributed by atoms with Crippen molar-refractivity contribution >= 4 is 23.8 Å². The van der Waals surface area contributed by atoms with Crippen LogP contribution < -0.4 is 0 Å². The third-order valence-electron chi connectivity index (χ3n) is 9.80. The first-order chi connectivity index (χ1) is 17.3. The van der Waals surface area contributed by atoms with E-state index in [1.165, 1.54) is 6.92 Å². The number of carbonyl (C=O) groups is 4. The highest BCUT2D eigenvalue weighted by molar-refractivity contribution is 6.03. The monoisotopic (exact) mass is 496 g/mol. The zero-order valence-corrected chi connectivity index (χ0v) is 20.2. The van der Waals surface area contributed by atoms with E-state index in [1.54, 1.807) is 9.80 Å². The van der Waals surface area contributed by atoms with Crippen molar-refractivity contribution in [3.63, 3.8) is 0 Å². The number of hydrogen-bond acceptors (Lipinski definition) is 8. The molecule has 0 aromatic rings. The van der Waals surface area contributed by atoms with E-state index in [2.05, 4.69) is 6.92 Å². The van der Waals surface area contributed by atoms with Crippen LogP contribution in [0.4, 0.5) is 0 Å². The fraction of sp³-hybridized carbons (Fsp3) is 0.692. The van der Waals surface area contributed by atoms with Crippen molar-refractivity contribution in [1.82, 2.24) is 9.80 Å². The molecule has 0 aromatic carbocycles. The molecule has 190 valence electrons. The zero-order chi connectivity index (χ0) is 24.7. The second kappa shape index (κ2) is 6.58. The minimum atomic E-state index is -0.634. The van der Waals surface area contributed by atoms with Gasteiger partial charge in [0.1, 0.15) is 36.5 Å². The number of rotatable bonds is 6. The molecule has 2 aliphatic carbocycles. The highest BCUT2D eigenvalue weighted by atomic mass is 16.6. The lowest BCUT2D eigenvalue weighted by Gasteiger charge is -2.50. The van der Waals surface area contributed by atoms with Gasteiger partial charge in [0, 0.05) is 24.7 Å². The maximum Gasteiger partial charge on any atom is 0.306 e. The number of esters is 2. The summed E-state index contributed by atoms with van der Waals surface area (Å²) in [4.78, 5) is 55.3. The van der Waals surface area contributed by atoms with Gasteiger partial charge in [-0.15, -0.1) is 0 Å². The van der Waals surface area contributed by atoms with Crippen molar-refractivity contribution in [2.75, 3.05) is 0 Å². The van der Waals surface area contributed by atoms with Crippen LogP contribution in [-0.4, -0.2) is 82.3 Å². The molecule has 2 spiro atoms. The zero-order valence-electron chi connectivity index (χ0n) is 20.2. The highest BCUT2D eigenvalue weighted by Gasteiger charge is 2.87. The van der Waals surface area contributed by atoms with Crippen molar-refractivity contribution in [1.29, 1.82) is 0 Å². The molecule has 0 aromatic heterocycles. The van der Waals surface area contributed by atoms with Crippen LogP contribution in [0.5, 0.6) is 0 Å². The SMILES string of the molecule is CCCCCC(=O)OC1C=C2N3C(=O)C4CC56C(=CC(OC(C)=O)C7OC75)N4C(=O)C3CC26C2OC12. The topological polar surface area (TPSA) is 118 Å². The van der Waals surface area contributed by atoms with Crippen molar-refractivity contribution < 1.29 is 38.1 Å². The van der Waals surface area contributed by atoms with Gasteiger partial charge >= 0.3 is 11.9 Å². The molecular formula is C26H28N2O8. The number of hydrogen-bond donors (Lipinski definition) is 0. The molecule has 2 amide bonds. The Morgan fingerprint density at radius 2 is 1.44 bits per heavy atom. The predicted octanol–water partition coefficient (Wildman–Crippen LogP) is 0.942. The molecule has 7 fully saturated rings. The molecule has 10 unspecified atom stereocenters. The first-order valence-corrected chi connectivity index (χ1v) is 13.1. The first kappa shape index (κ1) is 21.4. The Kier molecular flexibility index (Phi) is 3.91. The van der Waals surface area contributed by atoms with E-state index in [0.29, 0.717) is 19.3 Å². The average Bonchev–Trinajstić information content (AvgIpc) is 3.74. The van der Waals surface area contributed by atoms with Gasteiger partial charge in [0.2, 0.25) is 0 Å². The van der Waals surface area contributed by atoms with Crippen LogP contribution in [0.3, 0.4) is 0 Å². The number of fused-ring (bicyclic) bond motifs is 2. The average molecular weight is 497 g/mol. The van der Waals surface area contributed by atoms with E-state index in [4.69, 9.17) is 18.9 Å². The molecule has 0 saturated carbocycles. The number of unbranched alkanes of at least 4 members (excludes halogenated alkanes) is 2. The minimum absolute atomic E-state index is 0.103. The summed E-state index contributed by atoms with van der Waals surface area (Å²) >= 11 is 0. The molecule has 0 radical (unpaired) electrons.